The Morgan fingerprint density at radius 1 is 0.688 bits per heavy atom. The number of thiophene rings is 1. The number of rotatable bonds is 44. The third-order valence-corrected chi connectivity index (χ3v) is 13.4. The van der Waals surface area contributed by atoms with Crippen LogP contribution in [0.3, 0.4) is 0 Å². The van der Waals surface area contributed by atoms with E-state index >= 15 is 0 Å². The molecule has 1 aromatic carbocycles. The van der Waals surface area contributed by atoms with Gasteiger partial charge in [-0.1, -0.05) is 6.92 Å². The van der Waals surface area contributed by atoms with Gasteiger partial charge in [0.05, 0.1) is 156 Å². The maximum Gasteiger partial charge on any atom is 0.407 e. The Hall–Kier alpha value is -4.87. The normalized spacial score (nSPS) is 14.4. The minimum Gasteiger partial charge on any atom is -0.446 e. The van der Waals surface area contributed by atoms with Crippen molar-refractivity contribution in [2.24, 2.45) is 16.6 Å². The summed E-state index contributed by atoms with van der Waals surface area (Å²) in [5.74, 6) is -8.82. The first-order chi connectivity index (χ1) is 38.9. The van der Waals surface area contributed by atoms with E-state index in [9.17, 15) is 36.7 Å². The lowest BCUT2D eigenvalue weighted by molar-refractivity contribution is -0.139. The van der Waals surface area contributed by atoms with E-state index < -0.39 is 47.5 Å². The summed E-state index contributed by atoms with van der Waals surface area (Å²) in [5.41, 5.74) is 7.67. The van der Waals surface area contributed by atoms with Gasteiger partial charge in [0.15, 0.2) is 11.6 Å². The van der Waals surface area contributed by atoms with Gasteiger partial charge in [0.1, 0.15) is 11.9 Å². The number of aliphatic imine (C=N–C) groups is 1. The fourth-order valence-corrected chi connectivity index (χ4v) is 9.13. The number of fused-ring (bicyclic) bond motifs is 1. The molecule has 26 heteroatoms. The molecule has 2 aromatic rings. The molecule has 1 aromatic heterocycles. The summed E-state index contributed by atoms with van der Waals surface area (Å²) in [6, 6.07) is 2.05. The van der Waals surface area contributed by atoms with Crippen LogP contribution in [0.1, 0.15) is 68.0 Å². The summed E-state index contributed by atoms with van der Waals surface area (Å²) in [5, 5.41) is 2.80. The van der Waals surface area contributed by atoms with E-state index in [1.54, 1.807) is 11.3 Å². The smallest absolute Gasteiger partial charge is 0.407 e. The lowest BCUT2D eigenvalue weighted by atomic mass is 9.95. The molecule has 80 heavy (non-hydrogen) atoms. The van der Waals surface area contributed by atoms with Gasteiger partial charge < -0.3 is 77.7 Å². The van der Waals surface area contributed by atoms with Gasteiger partial charge in [0.25, 0.3) is 0 Å². The fourth-order valence-electron chi connectivity index (χ4n) is 7.95. The fraction of sp³-hybridized carbons (Fsp3) is 0.685. The molecule has 2 aliphatic heterocycles. The second-order valence-corrected chi connectivity index (χ2v) is 19.9. The second kappa shape index (κ2) is 38.8. The largest absolute Gasteiger partial charge is 0.446 e. The van der Waals surface area contributed by atoms with Crippen molar-refractivity contribution in [3.05, 3.63) is 50.7 Å². The topological polar surface area (TPSA) is 236 Å². The Morgan fingerprint density at radius 2 is 1.18 bits per heavy atom. The molecule has 1 saturated carbocycles. The van der Waals surface area contributed by atoms with Crippen LogP contribution in [0.2, 0.25) is 0 Å². The van der Waals surface area contributed by atoms with Gasteiger partial charge in [-0.25, -0.2) is 18.6 Å². The molecule has 1 saturated heterocycles. The van der Waals surface area contributed by atoms with Gasteiger partial charge >= 0.3 is 12.1 Å². The van der Waals surface area contributed by atoms with E-state index in [2.05, 4.69) is 15.0 Å². The number of amidine groups is 1. The van der Waals surface area contributed by atoms with Crippen LogP contribution in [0.25, 0.3) is 6.08 Å². The molecule has 3 heterocycles. The molecule has 450 valence electrons. The summed E-state index contributed by atoms with van der Waals surface area (Å²) in [6.45, 7) is 11.6. The molecule has 0 atom stereocenters. The maximum absolute atomic E-state index is 13.7. The van der Waals surface area contributed by atoms with Crippen LogP contribution >= 0.6 is 11.3 Å². The predicted octanol–water partition coefficient (Wildman–Crippen LogP) is 5.54. The van der Waals surface area contributed by atoms with Crippen molar-refractivity contribution >= 4 is 52.8 Å². The number of carbonyl (C=O) groups excluding carboxylic acids is 4. The van der Waals surface area contributed by atoms with E-state index in [1.165, 1.54) is 0 Å². The molecule has 3 amide bonds. The van der Waals surface area contributed by atoms with E-state index in [0.717, 1.165) is 47.5 Å². The zero-order chi connectivity index (χ0) is 57.2. The SMILES string of the molecule is CCCN(CCCNC(=O)OC1CCC1)C(=O)C1=Cc2sc(CC3CN(C(=O)CCOCCOCCOCCOCCOCCOCCOCCOCCOCCOCCC(=O)Oc4c(F)c(F)cc(F)c4F)C3)cc2N=C(N)C1. The van der Waals surface area contributed by atoms with Crippen LogP contribution in [0.15, 0.2) is 22.7 Å². The number of nitrogens with zero attached hydrogens (tertiary/aromatic N) is 3. The molecule has 3 N–H and O–H groups in total. The molecule has 0 unspecified atom stereocenters. The lowest BCUT2D eigenvalue weighted by Gasteiger charge is -2.39. The number of ether oxygens (including phenoxy) is 12. The highest BCUT2D eigenvalue weighted by molar-refractivity contribution is 7.13. The van der Waals surface area contributed by atoms with Crippen molar-refractivity contribution in [2.75, 3.05) is 165 Å². The Kier molecular flexibility index (Phi) is 31.9. The monoisotopic (exact) mass is 1160 g/mol. The minimum atomic E-state index is -1.80. The molecule has 5 rings (SSSR count). The Morgan fingerprint density at radius 3 is 1.65 bits per heavy atom. The molecule has 0 bridgehead atoms. The van der Waals surface area contributed by atoms with E-state index in [-0.39, 0.29) is 56.8 Å². The molecule has 1 aliphatic carbocycles. The number of nitrogens with two attached hydrogens (primary N) is 1. The molecule has 21 nitrogen and oxygen atoms in total. The van der Waals surface area contributed by atoms with Crippen LogP contribution in [0.4, 0.5) is 28.0 Å². The average molecular weight is 1160 g/mol. The maximum atomic E-state index is 13.7. The first-order valence-corrected chi connectivity index (χ1v) is 28.2. The van der Waals surface area contributed by atoms with Gasteiger partial charge in [0, 0.05) is 55.7 Å². The zero-order valence-corrected chi connectivity index (χ0v) is 46.6. The van der Waals surface area contributed by atoms with Gasteiger partial charge in [-0.2, -0.15) is 8.78 Å². The van der Waals surface area contributed by atoms with Gasteiger partial charge in [-0.05, 0) is 56.6 Å². The summed E-state index contributed by atoms with van der Waals surface area (Å²) >= 11 is 1.61. The van der Waals surface area contributed by atoms with Crippen molar-refractivity contribution < 1.29 is 93.6 Å². The van der Waals surface area contributed by atoms with Crippen molar-refractivity contribution in [3.63, 3.8) is 0 Å². The number of esters is 1. The molecular formula is C54H79F4N5O16S. The number of hydrogen-bond donors (Lipinski definition) is 2. The van der Waals surface area contributed by atoms with E-state index in [4.69, 9.17) is 57.8 Å². The van der Waals surface area contributed by atoms with Crippen molar-refractivity contribution in [2.45, 2.75) is 70.8 Å². The van der Waals surface area contributed by atoms with Crippen LogP contribution in [0, 0.1) is 29.2 Å². The molecule has 3 aliphatic rings. The summed E-state index contributed by atoms with van der Waals surface area (Å²) in [7, 11) is 0. The van der Waals surface area contributed by atoms with Crippen LogP contribution in [-0.4, -0.2) is 210 Å². The summed E-state index contributed by atoms with van der Waals surface area (Å²) in [6.07, 6.45) is 6.85. The number of nitrogens with one attached hydrogen (secondary N) is 1. The van der Waals surface area contributed by atoms with Crippen LogP contribution in [-0.2, 0) is 72.9 Å². The number of hydrogen-bond acceptors (Lipinski definition) is 19. The summed E-state index contributed by atoms with van der Waals surface area (Å²) < 4.78 is 118. The Balaban J connectivity index is 0.734. The standard InChI is InChI=1S/C54H79F4N5O16S/c1-2-10-62(11-4-9-60-54(67)78-41-5-3-6-41)53(66)40-33-46-45(61-47(59)34-40)35-42(80-46)32-39-37-63(38-39)48(64)7-12-68-14-16-70-18-20-72-22-24-74-26-28-76-30-31-77-29-27-75-25-23-73-21-19-71-17-15-69-13-8-49(65)79-52-50(57)43(55)36-44(56)51(52)58/h33,35-36,39,41H,2-32,34,37-38H2,1H3,(H2,59,61)(H,60,67). The Labute approximate surface area is 468 Å². The predicted molar refractivity (Wildman–Crippen MR) is 285 cm³/mol. The first kappa shape index (κ1) is 65.9. The molecule has 2 fully saturated rings. The zero-order valence-electron chi connectivity index (χ0n) is 45.8. The highest BCUT2D eigenvalue weighted by Gasteiger charge is 2.32. The molecular weight excluding hydrogens is 1080 g/mol. The first-order valence-electron chi connectivity index (χ1n) is 27.4. The number of amides is 3. The van der Waals surface area contributed by atoms with Crippen molar-refractivity contribution in [1.29, 1.82) is 0 Å². The quantitative estimate of drug-likeness (QED) is 0.0272. The van der Waals surface area contributed by atoms with E-state index in [0.29, 0.717) is 169 Å². The summed E-state index contributed by atoms with van der Waals surface area (Å²) in [4.78, 5) is 60.6. The number of benzene rings is 1. The Bertz CT molecular complexity index is 2210. The van der Waals surface area contributed by atoms with Gasteiger partial charge in [0.2, 0.25) is 29.2 Å². The molecule has 0 radical (unpaired) electrons. The van der Waals surface area contributed by atoms with Crippen molar-refractivity contribution in [3.8, 4) is 5.75 Å². The number of halogens is 4. The average Bonchev–Trinajstić information content (AvgIpc) is 3.71. The van der Waals surface area contributed by atoms with Crippen LogP contribution in [0.5, 0.6) is 5.75 Å². The van der Waals surface area contributed by atoms with Gasteiger partial charge in [-0.15, -0.1) is 11.3 Å². The lowest BCUT2D eigenvalue weighted by Crippen LogP contribution is -2.50. The third kappa shape index (κ3) is 25.5. The van der Waals surface area contributed by atoms with Crippen molar-refractivity contribution in [1.82, 2.24) is 15.1 Å². The van der Waals surface area contributed by atoms with Crippen LogP contribution < -0.4 is 15.8 Å². The number of likely N-dealkylation sites (tertiary alicyclic amines) is 1. The van der Waals surface area contributed by atoms with Gasteiger partial charge in [-0.3, -0.25) is 14.4 Å². The van der Waals surface area contributed by atoms with E-state index in [1.807, 2.05) is 28.9 Å². The highest BCUT2D eigenvalue weighted by atomic mass is 32.1. The molecule has 0 spiro atoms. The minimum absolute atomic E-state index is 0.0150. The number of alkyl carbamates (subject to hydrolysis) is 1. The number of carbonyl (C=O) groups is 4. The second-order valence-electron chi connectivity index (χ2n) is 18.7. The highest BCUT2D eigenvalue weighted by Crippen LogP contribution is 2.37. The third-order valence-electron chi connectivity index (χ3n) is 12.3.